The zero-order valence-corrected chi connectivity index (χ0v) is 21.9. The topological polar surface area (TPSA) is 122 Å². The molecule has 198 valence electrons. The smallest absolute Gasteiger partial charge is 0.407 e. The van der Waals surface area contributed by atoms with Gasteiger partial charge in [0, 0.05) is 49.9 Å². The Labute approximate surface area is 224 Å². The third-order valence-corrected chi connectivity index (χ3v) is 7.06. The number of carbonyl (C=O) groups is 1. The second-order valence-corrected chi connectivity index (χ2v) is 9.77. The molecule has 3 aromatic heterocycles. The molecule has 1 atom stereocenters. The number of carboxylic acid groups (broad SMARTS) is 1. The van der Waals surface area contributed by atoms with Gasteiger partial charge in [0.1, 0.15) is 29.5 Å². The highest BCUT2D eigenvalue weighted by Crippen LogP contribution is 2.32. The molecule has 1 amide bonds. The lowest BCUT2D eigenvalue weighted by molar-refractivity contribution is 0.136. The fourth-order valence-electron chi connectivity index (χ4n) is 4.96. The number of nitrogens with zero attached hydrogens (tertiary/aromatic N) is 7. The lowest BCUT2D eigenvalue weighted by Gasteiger charge is -2.39. The molecule has 2 N–H and O–H groups in total. The number of aryl methyl sites for hydroxylation is 2. The Morgan fingerprint density at radius 3 is 2.72 bits per heavy atom. The number of hydrogen-bond acceptors (Lipinski definition) is 8. The van der Waals surface area contributed by atoms with Gasteiger partial charge in [-0.05, 0) is 55.8 Å². The first-order chi connectivity index (χ1) is 18.9. The molecular weight excluding hydrogens is 496 g/mol. The number of rotatable bonds is 5. The second kappa shape index (κ2) is 9.75. The predicted molar refractivity (Wildman–Crippen MR) is 149 cm³/mol. The Balaban J connectivity index is 1.23. The van der Waals surface area contributed by atoms with Gasteiger partial charge >= 0.3 is 6.09 Å². The predicted octanol–water partition coefficient (Wildman–Crippen LogP) is 4.94. The van der Waals surface area contributed by atoms with Crippen molar-refractivity contribution in [3.05, 3.63) is 66.9 Å². The number of fused-ring (bicyclic) bond motifs is 2. The van der Waals surface area contributed by atoms with Crippen molar-refractivity contribution in [3.8, 4) is 11.5 Å². The molecule has 0 bridgehead atoms. The molecule has 1 fully saturated rings. The highest BCUT2D eigenvalue weighted by molar-refractivity contribution is 5.92. The minimum atomic E-state index is -0.895. The van der Waals surface area contributed by atoms with Crippen molar-refractivity contribution >= 4 is 45.4 Å². The van der Waals surface area contributed by atoms with Crippen LogP contribution in [0.15, 0.2) is 61.3 Å². The normalized spacial score (nSPS) is 15.6. The van der Waals surface area contributed by atoms with E-state index in [1.807, 2.05) is 67.9 Å². The number of nitrogens with one attached hydrogen (secondary N) is 1. The zero-order valence-electron chi connectivity index (χ0n) is 21.9. The van der Waals surface area contributed by atoms with Gasteiger partial charge in [-0.15, -0.1) is 0 Å². The van der Waals surface area contributed by atoms with Gasteiger partial charge in [0.2, 0.25) is 0 Å². The van der Waals surface area contributed by atoms with Crippen molar-refractivity contribution in [2.24, 2.45) is 7.05 Å². The average molecular weight is 525 g/mol. The van der Waals surface area contributed by atoms with Crippen molar-refractivity contribution in [3.63, 3.8) is 0 Å². The molecule has 39 heavy (non-hydrogen) atoms. The Morgan fingerprint density at radius 2 is 1.92 bits per heavy atom. The standard InChI is InChI=1S/C28H28N8O3/c1-17-10-19(4-7-25(17)39-20-5-6-24-22(11-20)32-16-34(24)3)33-27-21-12-26(29-13-23(21)30-15-31-27)36-9-8-35(28(37)38)14-18(36)2/h4-7,10-13,15-16,18H,8-9,14H2,1-3H3,(H,37,38)(H,30,31,33)/t18-/m0/s1. The van der Waals surface area contributed by atoms with Gasteiger partial charge in [-0.1, -0.05) is 0 Å². The number of benzene rings is 2. The minimum Gasteiger partial charge on any atom is -0.465 e. The number of pyridine rings is 1. The van der Waals surface area contributed by atoms with E-state index < -0.39 is 6.09 Å². The molecule has 11 heteroatoms. The molecule has 0 unspecified atom stereocenters. The Kier molecular flexibility index (Phi) is 6.10. The quantitative estimate of drug-likeness (QED) is 0.329. The third kappa shape index (κ3) is 4.74. The number of imidazole rings is 1. The van der Waals surface area contributed by atoms with Gasteiger partial charge in [0.25, 0.3) is 0 Å². The minimum absolute atomic E-state index is 0.00517. The summed E-state index contributed by atoms with van der Waals surface area (Å²) in [6, 6.07) is 13.7. The van der Waals surface area contributed by atoms with Gasteiger partial charge in [-0.25, -0.2) is 24.7 Å². The highest BCUT2D eigenvalue weighted by atomic mass is 16.5. The first-order valence-corrected chi connectivity index (χ1v) is 12.7. The summed E-state index contributed by atoms with van der Waals surface area (Å²) in [6.45, 7) is 5.42. The summed E-state index contributed by atoms with van der Waals surface area (Å²) < 4.78 is 8.13. The Bertz CT molecular complexity index is 1700. The summed E-state index contributed by atoms with van der Waals surface area (Å²) in [7, 11) is 1.97. The fourth-order valence-corrected chi connectivity index (χ4v) is 4.96. The molecule has 1 aliphatic rings. The molecule has 1 aliphatic heterocycles. The van der Waals surface area contributed by atoms with E-state index in [0.717, 1.165) is 50.5 Å². The number of aromatic nitrogens is 5. The summed E-state index contributed by atoms with van der Waals surface area (Å²) in [5, 5.41) is 13.6. The van der Waals surface area contributed by atoms with Crippen LogP contribution in [0.3, 0.4) is 0 Å². The summed E-state index contributed by atoms with van der Waals surface area (Å²) in [4.78, 5) is 32.8. The molecule has 6 rings (SSSR count). The van der Waals surface area contributed by atoms with Crippen molar-refractivity contribution in [1.82, 2.24) is 29.4 Å². The maximum atomic E-state index is 11.4. The van der Waals surface area contributed by atoms with Gasteiger partial charge in [0.15, 0.2) is 0 Å². The third-order valence-electron chi connectivity index (χ3n) is 7.06. The highest BCUT2D eigenvalue weighted by Gasteiger charge is 2.27. The van der Waals surface area contributed by atoms with Crippen LogP contribution in [0.2, 0.25) is 0 Å². The monoisotopic (exact) mass is 524 g/mol. The van der Waals surface area contributed by atoms with Gasteiger partial charge in [-0.3, -0.25) is 0 Å². The fraction of sp³-hybridized carbons (Fsp3) is 0.250. The molecule has 4 heterocycles. The summed E-state index contributed by atoms with van der Waals surface area (Å²) in [5.41, 5.74) is 4.48. The number of hydrogen-bond donors (Lipinski definition) is 2. The molecule has 0 radical (unpaired) electrons. The van der Waals surface area contributed by atoms with E-state index in [9.17, 15) is 9.90 Å². The Morgan fingerprint density at radius 1 is 1.05 bits per heavy atom. The largest absolute Gasteiger partial charge is 0.465 e. The second-order valence-electron chi connectivity index (χ2n) is 9.77. The van der Waals surface area contributed by atoms with Gasteiger partial charge in [-0.2, -0.15) is 0 Å². The van der Waals surface area contributed by atoms with Crippen molar-refractivity contribution in [2.75, 3.05) is 29.9 Å². The van der Waals surface area contributed by atoms with E-state index in [1.54, 1.807) is 12.5 Å². The van der Waals surface area contributed by atoms with Crippen molar-refractivity contribution in [1.29, 1.82) is 0 Å². The average Bonchev–Trinajstić information content (AvgIpc) is 3.30. The van der Waals surface area contributed by atoms with Crippen molar-refractivity contribution < 1.29 is 14.6 Å². The molecule has 1 saturated heterocycles. The number of ether oxygens (including phenoxy) is 1. The van der Waals surface area contributed by atoms with E-state index in [-0.39, 0.29) is 6.04 Å². The van der Waals surface area contributed by atoms with Gasteiger partial charge < -0.3 is 29.5 Å². The lowest BCUT2D eigenvalue weighted by Crippen LogP contribution is -2.53. The van der Waals surface area contributed by atoms with Crippen LogP contribution in [-0.4, -0.2) is 66.3 Å². The van der Waals surface area contributed by atoms with E-state index in [2.05, 4.69) is 30.2 Å². The zero-order chi connectivity index (χ0) is 27.1. The van der Waals surface area contributed by atoms with E-state index in [0.29, 0.717) is 25.5 Å². The van der Waals surface area contributed by atoms with Crippen LogP contribution < -0.4 is 15.0 Å². The van der Waals surface area contributed by atoms with Crippen molar-refractivity contribution in [2.45, 2.75) is 19.9 Å². The number of piperazine rings is 1. The maximum absolute atomic E-state index is 11.4. The molecule has 11 nitrogen and oxygen atoms in total. The molecule has 0 saturated carbocycles. The van der Waals surface area contributed by atoms with Crippen LogP contribution in [0, 0.1) is 6.92 Å². The van der Waals surface area contributed by atoms with E-state index in [1.165, 1.54) is 11.2 Å². The number of anilines is 3. The summed E-state index contributed by atoms with van der Waals surface area (Å²) in [5.74, 6) is 2.91. The maximum Gasteiger partial charge on any atom is 0.407 e. The lowest BCUT2D eigenvalue weighted by atomic mass is 10.1. The molecular formula is C28H28N8O3. The Hall–Kier alpha value is -4.93. The number of amides is 1. The summed E-state index contributed by atoms with van der Waals surface area (Å²) >= 11 is 0. The van der Waals surface area contributed by atoms with Crippen LogP contribution in [0.25, 0.3) is 21.9 Å². The van der Waals surface area contributed by atoms with Crippen LogP contribution in [0.4, 0.5) is 22.1 Å². The van der Waals surface area contributed by atoms with Crippen LogP contribution in [0.1, 0.15) is 12.5 Å². The van der Waals surface area contributed by atoms with E-state index >= 15 is 0 Å². The molecule has 0 spiro atoms. The molecule has 0 aliphatic carbocycles. The van der Waals surface area contributed by atoms with Crippen LogP contribution in [-0.2, 0) is 7.05 Å². The van der Waals surface area contributed by atoms with E-state index in [4.69, 9.17) is 4.74 Å². The first kappa shape index (κ1) is 24.4. The SMILES string of the molecule is Cc1cc(Nc2ncnc3cnc(N4CCN(C(=O)O)C[C@@H]4C)cc23)ccc1Oc1ccc2c(c1)ncn2C. The van der Waals surface area contributed by atoms with Gasteiger partial charge in [0.05, 0.1) is 29.1 Å². The molecule has 5 aromatic rings. The first-order valence-electron chi connectivity index (χ1n) is 12.7. The van der Waals surface area contributed by atoms with Crippen LogP contribution >= 0.6 is 0 Å². The molecule has 2 aromatic carbocycles. The van der Waals surface area contributed by atoms with Crippen LogP contribution in [0.5, 0.6) is 11.5 Å². The summed E-state index contributed by atoms with van der Waals surface area (Å²) in [6.07, 6.45) is 4.14.